The van der Waals surface area contributed by atoms with Gasteiger partial charge in [0.25, 0.3) is 5.91 Å². The van der Waals surface area contributed by atoms with Crippen molar-refractivity contribution >= 4 is 17.5 Å². The van der Waals surface area contributed by atoms with E-state index in [9.17, 15) is 9.59 Å². The van der Waals surface area contributed by atoms with Gasteiger partial charge in [0.2, 0.25) is 5.91 Å². The van der Waals surface area contributed by atoms with Crippen molar-refractivity contribution in [3.8, 4) is 5.75 Å². The molecule has 1 heterocycles. The van der Waals surface area contributed by atoms with Crippen molar-refractivity contribution in [2.75, 3.05) is 12.4 Å². The predicted octanol–water partition coefficient (Wildman–Crippen LogP) is 2.18. The van der Waals surface area contributed by atoms with Gasteiger partial charge in [0.05, 0.1) is 13.5 Å². The van der Waals surface area contributed by atoms with E-state index in [2.05, 4.69) is 5.32 Å². The lowest BCUT2D eigenvalue weighted by atomic mass is 10.2. The van der Waals surface area contributed by atoms with Crippen LogP contribution < -0.4 is 10.1 Å². The lowest BCUT2D eigenvalue weighted by Crippen LogP contribution is -2.40. The molecule has 1 atom stereocenters. The lowest BCUT2D eigenvalue weighted by Gasteiger charge is -2.22. The van der Waals surface area contributed by atoms with Crippen LogP contribution in [0.5, 0.6) is 5.75 Å². The molecule has 1 aromatic carbocycles. The van der Waals surface area contributed by atoms with Gasteiger partial charge in [-0.1, -0.05) is 18.9 Å². The van der Waals surface area contributed by atoms with Crippen molar-refractivity contribution < 1.29 is 14.3 Å². The Labute approximate surface area is 124 Å². The summed E-state index contributed by atoms with van der Waals surface area (Å²) in [5.74, 6) is 0.589. The lowest BCUT2D eigenvalue weighted by molar-refractivity contribution is -0.141. The van der Waals surface area contributed by atoms with Gasteiger partial charge in [-0.2, -0.15) is 0 Å². The molecule has 1 aromatic rings. The Morgan fingerprint density at radius 3 is 2.71 bits per heavy atom. The van der Waals surface area contributed by atoms with Crippen molar-refractivity contribution in [1.29, 1.82) is 0 Å². The molecule has 2 fully saturated rings. The van der Waals surface area contributed by atoms with Crippen molar-refractivity contribution in [1.82, 2.24) is 4.90 Å². The highest BCUT2D eigenvalue weighted by Gasteiger charge is 2.42. The van der Waals surface area contributed by atoms with E-state index in [-0.39, 0.29) is 24.3 Å². The van der Waals surface area contributed by atoms with Gasteiger partial charge in [-0.05, 0) is 25.0 Å². The molecule has 1 unspecified atom stereocenters. The van der Waals surface area contributed by atoms with E-state index in [1.807, 2.05) is 24.3 Å². The third-order valence-corrected chi connectivity index (χ3v) is 4.28. The summed E-state index contributed by atoms with van der Waals surface area (Å²) in [7, 11) is 1.60. The van der Waals surface area contributed by atoms with E-state index in [0.717, 1.165) is 37.1 Å². The predicted molar refractivity (Wildman–Crippen MR) is 79.1 cm³/mol. The summed E-state index contributed by atoms with van der Waals surface area (Å²) in [6.07, 6.45) is 4.35. The Morgan fingerprint density at radius 1 is 1.24 bits per heavy atom. The number of carbonyl (C=O) groups excluding carboxylic acids is 2. The molecule has 112 valence electrons. The highest BCUT2D eigenvalue weighted by atomic mass is 16.5. The van der Waals surface area contributed by atoms with Crippen molar-refractivity contribution in [2.45, 2.75) is 44.2 Å². The minimum atomic E-state index is -0.454. The van der Waals surface area contributed by atoms with E-state index < -0.39 is 6.04 Å². The molecule has 2 aliphatic rings. The van der Waals surface area contributed by atoms with Gasteiger partial charge in [0.15, 0.2) is 0 Å². The van der Waals surface area contributed by atoms with Crippen LogP contribution in [-0.2, 0) is 9.59 Å². The smallest absolute Gasteiger partial charge is 0.252 e. The SMILES string of the molecule is COc1cccc(NC2CC(=O)N(C3CCCC3)C2=O)c1. The molecular formula is C16H20N2O3. The summed E-state index contributed by atoms with van der Waals surface area (Å²) in [5, 5.41) is 3.16. The summed E-state index contributed by atoms with van der Waals surface area (Å²) < 4.78 is 5.17. The summed E-state index contributed by atoms with van der Waals surface area (Å²) in [5.41, 5.74) is 0.800. The minimum Gasteiger partial charge on any atom is -0.497 e. The average Bonchev–Trinajstić information content (AvgIpc) is 3.08. The highest BCUT2D eigenvalue weighted by Crippen LogP contribution is 2.29. The number of nitrogens with one attached hydrogen (secondary N) is 1. The summed E-state index contributed by atoms with van der Waals surface area (Å²) >= 11 is 0. The first-order valence-corrected chi connectivity index (χ1v) is 7.45. The fourth-order valence-corrected chi connectivity index (χ4v) is 3.22. The van der Waals surface area contributed by atoms with Gasteiger partial charge in [-0.15, -0.1) is 0 Å². The van der Waals surface area contributed by atoms with Crippen LogP contribution in [0.3, 0.4) is 0 Å². The van der Waals surface area contributed by atoms with Crippen molar-refractivity contribution in [3.63, 3.8) is 0 Å². The van der Waals surface area contributed by atoms with E-state index in [1.54, 1.807) is 7.11 Å². The number of carbonyl (C=O) groups is 2. The molecule has 21 heavy (non-hydrogen) atoms. The molecule has 1 aliphatic carbocycles. The topological polar surface area (TPSA) is 58.6 Å². The summed E-state index contributed by atoms with van der Waals surface area (Å²) in [6.45, 7) is 0. The second kappa shape index (κ2) is 5.76. The molecule has 1 N–H and O–H groups in total. The summed E-state index contributed by atoms with van der Waals surface area (Å²) in [4.78, 5) is 26.1. The fraction of sp³-hybridized carbons (Fsp3) is 0.500. The first-order chi connectivity index (χ1) is 10.2. The zero-order valence-corrected chi connectivity index (χ0v) is 12.2. The molecule has 1 saturated heterocycles. The number of benzene rings is 1. The van der Waals surface area contributed by atoms with Crippen LogP contribution in [-0.4, -0.2) is 35.9 Å². The zero-order chi connectivity index (χ0) is 14.8. The molecule has 0 aromatic heterocycles. The Bertz CT molecular complexity index is 552. The molecule has 1 aliphatic heterocycles. The van der Waals surface area contributed by atoms with Crippen LogP contribution in [0, 0.1) is 0 Å². The van der Waals surface area contributed by atoms with E-state index in [1.165, 1.54) is 4.90 Å². The van der Waals surface area contributed by atoms with Crippen LogP contribution in [0.25, 0.3) is 0 Å². The van der Waals surface area contributed by atoms with E-state index in [4.69, 9.17) is 4.74 Å². The monoisotopic (exact) mass is 288 g/mol. The molecule has 2 amide bonds. The third-order valence-electron chi connectivity index (χ3n) is 4.28. The Hall–Kier alpha value is -2.04. The normalized spacial score (nSPS) is 22.9. The van der Waals surface area contributed by atoms with Gasteiger partial charge in [-0.3, -0.25) is 14.5 Å². The number of methoxy groups -OCH3 is 1. The Kier molecular flexibility index (Phi) is 3.82. The number of ether oxygens (including phenoxy) is 1. The Morgan fingerprint density at radius 2 is 2.00 bits per heavy atom. The minimum absolute atomic E-state index is 0.0488. The second-order valence-corrected chi connectivity index (χ2v) is 5.67. The summed E-state index contributed by atoms with van der Waals surface area (Å²) in [6, 6.07) is 7.07. The number of imide groups is 1. The maximum atomic E-state index is 12.5. The first-order valence-electron chi connectivity index (χ1n) is 7.45. The zero-order valence-electron chi connectivity index (χ0n) is 12.2. The number of nitrogens with zero attached hydrogens (tertiary/aromatic N) is 1. The molecular weight excluding hydrogens is 268 g/mol. The number of hydrogen-bond acceptors (Lipinski definition) is 4. The van der Waals surface area contributed by atoms with Crippen LogP contribution >= 0.6 is 0 Å². The molecule has 5 heteroatoms. The second-order valence-electron chi connectivity index (χ2n) is 5.67. The molecule has 0 spiro atoms. The standard InChI is InChI=1S/C16H20N2O3/c1-21-13-8-4-5-11(9-13)17-14-10-15(19)18(16(14)20)12-6-2-3-7-12/h4-5,8-9,12,14,17H,2-3,6-7,10H2,1H3. The maximum absolute atomic E-state index is 12.5. The Balaban J connectivity index is 1.71. The van der Waals surface area contributed by atoms with Crippen molar-refractivity contribution in [2.24, 2.45) is 0 Å². The van der Waals surface area contributed by atoms with Crippen LogP contribution in [0.2, 0.25) is 0 Å². The molecule has 1 saturated carbocycles. The maximum Gasteiger partial charge on any atom is 0.252 e. The number of likely N-dealkylation sites (tertiary alicyclic amines) is 1. The van der Waals surface area contributed by atoms with Gasteiger partial charge >= 0.3 is 0 Å². The number of anilines is 1. The quantitative estimate of drug-likeness (QED) is 0.863. The molecule has 0 bridgehead atoms. The van der Waals surface area contributed by atoms with E-state index in [0.29, 0.717) is 0 Å². The van der Waals surface area contributed by atoms with Gasteiger partial charge in [-0.25, -0.2) is 0 Å². The number of hydrogen-bond donors (Lipinski definition) is 1. The molecule has 0 radical (unpaired) electrons. The van der Waals surface area contributed by atoms with Crippen molar-refractivity contribution in [3.05, 3.63) is 24.3 Å². The van der Waals surface area contributed by atoms with E-state index >= 15 is 0 Å². The van der Waals surface area contributed by atoms with Gasteiger partial charge in [0.1, 0.15) is 11.8 Å². The van der Waals surface area contributed by atoms with Gasteiger partial charge < -0.3 is 10.1 Å². The van der Waals surface area contributed by atoms with Crippen LogP contribution in [0.15, 0.2) is 24.3 Å². The van der Waals surface area contributed by atoms with Crippen LogP contribution in [0.4, 0.5) is 5.69 Å². The fourth-order valence-electron chi connectivity index (χ4n) is 3.22. The molecule has 5 nitrogen and oxygen atoms in total. The average molecular weight is 288 g/mol. The highest BCUT2D eigenvalue weighted by molar-refractivity contribution is 6.07. The van der Waals surface area contributed by atoms with Gasteiger partial charge in [0, 0.05) is 17.8 Å². The third kappa shape index (κ3) is 2.73. The largest absolute Gasteiger partial charge is 0.497 e. The number of amides is 2. The molecule has 3 rings (SSSR count). The first kappa shape index (κ1) is 13.9. The van der Waals surface area contributed by atoms with Crippen LogP contribution in [0.1, 0.15) is 32.1 Å². The number of rotatable bonds is 4.